The number of aromatic nitrogens is 3. The summed E-state index contributed by atoms with van der Waals surface area (Å²) in [5, 5.41) is 8.89. The maximum atomic E-state index is 16.7. The summed E-state index contributed by atoms with van der Waals surface area (Å²) in [6, 6.07) is 4.90. The van der Waals surface area contributed by atoms with E-state index in [1.54, 1.807) is 13.0 Å². The zero-order valence-corrected chi connectivity index (χ0v) is 23.5. The molecule has 1 unspecified atom stereocenters. The molecule has 4 heterocycles. The molecule has 44 heavy (non-hydrogen) atoms. The van der Waals surface area contributed by atoms with E-state index >= 15 is 17.6 Å². The van der Waals surface area contributed by atoms with Crippen molar-refractivity contribution in [1.29, 1.82) is 5.26 Å². The molecule has 1 atom stereocenters. The molecule has 6 rings (SSSR count). The Kier molecular flexibility index (Phi) is 6.80. The number of nitrogen functional groups attached to an aromatic ring is 2. The first kappa shape index (κ1) is 29.1. The van der Waals surface area contributed by atoms with E-state index in [0.717, 1.165) is 18.2 Å². The van der Waals surface area contributed by atoms with Crippen molar-refractivity contribution in [3.63, 3.8) is 0 Å². The SMILES string of the molecule is COc1nc2c3c(c(C(F)(F)F)c(-c4ccc(F)c5sc(N)c(C#N)c45)c(F)c3n1)OCCN2C(C)c1ccc(F)nc1N. The second-order valence-corrected chi connectivity index (χ2v) is 10.8. The molecular weight excluding hydrogens is 612 g/mol. The van der Waals surface area contributed by atoms with E-state index in [9.17, 15) is 14.0 Å². The van der Waals surface area contributed by atoms with Crippen LogP contribution in [0.15, 0.2) is 24.3 Å². The summed E-state index contributed by atoms with van der Waals surface area (Å²) < 4.78 is 101. The van der Waals surface area contributed by atoms with Crippen molar-refractivity contribution in [3.8, 4) is 29.0 Å². The van der Waals surface area contributed by atoms with Gasteiger partial charge < -0.3 is 25.8 Å². The van der Waals surface area contributed by atoms with Crippen molar-refractivity contribution in [2.45, 2.75) is 19.1 Å². The van der Waals surface area contributed by atoms with Crippen molar-refractivity contribution in [1.82, 2.24) is 15.0 Å². The van der Waals surface area contributed by atoms with Gasteiger partial charge in [0, 0.05) is 16.5 Å². The Morgan fingerprint density at radius 3 is 2.50 bits per heavy atom. The van der Waals surface area contributed by atoms with Crippen LogP contribution in [0, 0.1) is 28.9 Å². The van der Waals surface area contributed by atoms with Crippen molar-refractivity contribution in [3.05, 3.63) is 58.5 Å². The molecule has 0 saturated heterocycles. The van der Waals surface area contributed by atoms with Crippen LogP contribution in [0.2, 0.25) is 0 Å². The van der Waals surface area contributed by atoms with E-state index in [4.69, 9.17) is 20.9 Å². The van der Waals surface area contributed by atoms with Crippen LogP contribution in [0.5, 0.6) is 11.8 Å². The highest BCUT2D eigenvalue weighted by Gasteiger charge is 2.44. The van der Waals surface area contributed by atoms with Gasteiger partial charge in [0.2, 0.25) is 5.95 Å². The Balaban J connectivity index is 1.74. The largest absolute Gasteiger partial charge is 0.490 e. The van der Waals surface area contributed by atoms with E-state index in [1.807, 2.05) is 0 Å². The molecule has 0 bridgehead atoms. The number of nitrogens with zero attached hydrogens (tertiary/aromatic N) is 5. The summed E-state index contributed by atoms with van der Waals surface area (Å²) in [4.78, 5) is 13.5. The lowest BCUT2D eigenvalue weighted by atomic mass is 9.91. The number of benzene rings is 2. The van der Waals surface area contributed by atoms with Gasteiger partial charge in [0.25, 0.3) is 0 Å². The van der Waals surface area contributed by atoms with E-state index in [1.165, 1.54) is 18.1 Å². The zero-order chi connectivity index (χ0) is 31.7. The molecule has 3 aromatic heterocycles. The first-order valence-corrected chi connectivity index (χ1v) is 13.6. The number of hydrogen-bond acceptors (Lipinski definition) is 10. The lowest BCUT2D eigenvalue weighted by Gasteiger charge is -2.30. The second kappa shape index (κ2) is 10.3. The fraction of sp³-hybridized carbons (Fsp3) is 0.214. The van der Waals surface area contributed by atoms with Gasteiger partial charge in [0.05, 0.1) is 35.3 Å². The van der Waals surface area contributed by atoms with Gasteiger partial charge in [-0.05, 0) is 30.7 Å². The number of hydrogen-bond donors (Lipinski definition) is 2. The van der Waals surface area contributed by atoms with E-state index in [2.05, 4.69) is 15.0 Å². The standard InChI is InChI=1S/C28H19F6N7O2S/c1-10(11-4-6-15(30)38-24(11)36)41-7-8-43-22-18-21(39-27(42-2)40-26(18)41)20(31)17(19(22)28(32,33)34)12-3-5-14(29)23-16(12)13(9-35)25(37)44-23/h3-6,10H,7-8,37H2,1-2H3,(H2,36,38). The van der Waals surface area contributed by atoms with E-state index < -0.39 is 63.1 Å². The number of nitriles is 1. The topological polar surface area (TPSA) is 136 Å². The summed E-state index contributed by atoms with van der Waals surface area (Å²) in [5.41, 5.74) is 8.32. The van der Waals surface area contributed by atoms with Crippen molar-refractivity contribution in [2.24, 2.45) is 0 Å². The van der Waals surface area contributed by atoms with Crippen LogP contribution in [0.1, 0.15) is 29.7 Å². The molecule has 5 aromatic rings. The highest BCUT2D eigenvalue weighted by Crippen LogP contribution is 2.53. The van der Waals surface area contributed by atoms with E-state index in [0.29, 0.717) is 16.9 Å². The van der Waals surface area contributed by atoms with Gasteiger partial charge in [-0.3, -0.25) is 0 Å². The Morgan fingerprint density at radius 2 is 1.84 bits per heavy atom. The van der Waals surface area contributed by atoms with Crippen molar-refractivity contribution in [2.75, 3.05) is 36.6 Å². The van der Waals surface area contributed by atoms with Gasteiger partial charge in [0.15, 0.2) is 5.82 Å². The van der Waals surface area contributed by atoms with Gasteiger partial charge in [-0.25, -0.2) is 13.8 Å². The third-order valence-electron chi connectivity index (χ3n) is 7.36. The normalized spacial score (nSPS) is 13.9. The summed E-state index contributed by atoms with van der Waals surface area (Å²) in [7, 11) is 1.19. The molecule has 4 N–H and O–H groups in total. The molecule has 16 heteroatoms. The number of methoxy groups -OCH3 is 1. The summed E-state index contributed by atoms with van der Waals surface area (Å²) in [6.45, 7) is 1.22. The maximum Gasteiger partial charge on any atom is 0.420 e. The average molecular weight is 632 g/mol. The van der Waals surface area contributed by atoms with Crippen molar-refractivity contribution < 1.29 is 35.8 Å². The third kappa shape index (κ3) is 4.34. The van der Waals surface area contributed by atoms with Gasteiger partial charge >= 0.3 is 12.2 Å². The first-order valence-electron chi connectivity index (χ1n) is 12.8. The molecule has 0 aliphatic carbocycles. The molecule has 0 spiro atoms. The van der Waals surface area contributed by atoms with Crippen LogP contribution >= 0.6 is 11.3 Å². The fourth-order valence-electron chi connectivity index (χ4n) is 5.45. The van der Waals surface area contributed by atoms with Gasteiger partial charge in [0.1, 0.15) is 52.0 Å². The summed E-state index contributed by atoms with van der Waals surface area (Å²) in [5.74, 6) is -4.24. The molecule has 0 amide bonds. The second-order valence-electron chi connectivity index (χ2n) is 9.73. The third-order valence-corrected chi connectivity index (χ3v) is 8.39. The number of fused-ring (bicyclic) bond motifs is 1. The summed E-state index contributed by atoms with van der Waals surface area (Å²) >= 11 is 0.652. The van der Waals surface area contributed by atoms with E-state index in [-0.39, 0.29) is 51.4 Å². The number of nitrogens with two attached hydrogens (primary N) is 2. The minimum atomic E-state index is -5.22. The van der Waals surface area contributed by atoms with Crippen LogP contribution in [0.25, 0.3) is 32.1 Å². The van der Waals surface area contributed by atoms with Gasteiger partial charge in [-0.2, -0.15) is 32.8 Å². The molecule has 0 fully saturated rings. The number of thiophene rings is 1. The number of anilines is 3. The monoisotopic (exact) mass is 631 g/mol. The Morgan fingerprint density at radius 1 is 1.09 bits per heavy atom. The van der Waals surface area contributed by atoms with Crippen molar-refractivity contribution >= 4 is 49.0 Å². The average Bonchev–Trinajstić information content (AvgIpc) is 3.20. The van der Waals surface area contributed by atoms with Crippen LogP contribution < -0.4 is 25.8 Å². The quantitative estimate of drug-likeness (QED) is 0.172. The van der Waals surface area contributed by atoms with Crippen LogP contribution in [0.4, 0.5) is 43.0 Å². The number of ether oxygens (including phenoxy) is 2. The first-order chi connectivity index (χ1) is 20.9. The molecule has 0 saturated carbocycles. The van der Waals surface area contributed by atoms with Gasteiger partial charge in [-0.15, -0.1) is 11.3 Å². The Hall–Kier alpha value is -5.04. The van der Waals surface area contributed by atoms with Crippen LogP contribution in [0.3, 0.4) is 0 Å². The summed E-state index contributed by atoms with van der Waals surface area (Å²) in [6.07, 6.45) is -5.22. The number of alkyl halides is 3. The fourth-order valence-corrected chi connectivity index (χ4v) is 6.40. The van der Waals surface area contributed by atoms with Gasteiger partial charge in [-0.1, -0.05) is 6.07 Å². The Labute approximate surface area is 248 Å². The smallest absolute Gasteiger partial charge is 0.420 e. The molecule has 9 nitrogen and oxygen atoms in total. The maximum absolute atomic E-state index is 16.7. The highest BCUT2D eigenvalue weighted by atomic mass is 32.1. The number of rotatable bonds is 4. The molecule has 2 aromatic carbocycles. The van der Waals surface area contributed by atoms with Crippen LogP contribution in [-0.2, 0) is 6.18 Å². The minimum Gasteiger partial charge on any atom is -0.490 e. The predicted octanol–water partition coefficient (Wildman–Crippen LogP) is 6.35. The highest BCUT2D eigenvalue weighted by molar-refractivity contribution is 7.23. The molecule has 1 aliphatic heterocycles. The van der Waals surface area contributed by atoms with Crippen LogP contribution in [-0.4, -0.2) is 35.2 Å². The lowest BCUT2D eigenvalue weighted by Crippen LogP contribution is -2.31. The lowest BCUT2D eigenvalue weighted by molar-refractivity contribution is -0.138. The predicted molar refractivity (Wildman–Crippen MR) is 151 cm³/mol. The molecule has 1 aliphatic rings. The minimum absolute atomic E-state index is 0.0728. The molecular formula is C28H19F6N7O2S. The molecule has 0 radical (unpaired) electrons. The molecule has 226 valence electrons. The zero-order valence-electron chi connectivity index (χ0n) is 22.7. The Bertz CT molecular complexity index is 2040. The number of pyridine rings is 1. The number of halogens is 6.